The van der Waals surface area contributed by atoms with E-state index in [0.29, 0.717) is 12.0 Å². The average molecular weight is 292 g/mol. The summed E-state index contributed by atoms with van der Waals surface area (Å²) in [7, 11) is 0. The third-order valence-electron chi connectivity index (χ3n) is 3.56. The molecule has 3 nitrogen and oxygen atoms in total. The molecule has 21 heavy (non-hydrogen) atoms. The summed E-state index contributed by atoms with van der Waals surface area (Å²) in [5.41, 5.74) is 1.28. The lowest BCUT2D eigenvalue weighted by atomic mass is 10.2. The Hall–Kier alpha value is -1.06. The van der Waals surface area contributed by atoms with Crippen LogP contribution >= 0.6 is 0 Å². The van der Waals surface area contributed by atoms with Crippen molar-refractivity contribution in [2.24, 2.45) is 5.92 Å². The predicted octanol–water partition coefficient (Wildman–Crippen LogP) is 3.54. The zero-order valence-corrected chi connectivity index (χ0v) is 14.4. The summed E-state index contributed by atoms with van der Waals surface area (Å²) in [5, 5.41) is 3.46. The van der Waals surface area contributed by atoms with Gasteiger partial charge in [0.15, 0.2) is 0 Å². The molecule has 0 atom stereocenters. The number of hydrogen-bond acceptors (Lipinski definition) is 3. The van der Waals surface area contributed by atoms with E-state index in [1.54, 1.807) is 0 Å². The Balaban J connectivity index is 2.38. The summed E-state index contributed by atoms with van der Waals surface area (Å²) in [4.78, 5) is 2.41. The average Bonchev–Trinajstić information content (AvgIpc) is 2.43. The van der Waals surface area contributed by atoms with Crippen molar-refractivity contribution in [1.29, 1.82) is 0 Å². The van der Waals surface area contributed by atoms with Crippen molar-refractivity contribution in [3.63, 3.8) is 0 Å². The largest absolute Gasteiger partial charge is 0.492 e. The lowest BCUT2D eigenvalue weighted by Crippen LogP contribution is -2.34. The highest BCUT2D eigenvalue weighted by atomic mass is 16.5. The third kappa shape index (κ3) is 7.49. The molecule has 0 aliphatic heterocycles. The summed E-state index contributed by atoms with van der Waals surface area (Å²) in [5.74, 6) is 1.65. The molecule has 0 aliphatic carbocycles. The van der Waals surface area contributed by atoms with Gasteiger partial charge in [-0.15, -0.1) is 0 Å². The van der Waals surface area contributed by atoms with Crippen LogP contribution in [0.3, 0.4) is 0 Å². The molecule has 1 aromatic carbocycles. The van der Waals surface area contributed by atoms with Crippen LogP contribution in [0.5, 0.6) is 5.75 Å². The molecule has 0 heterocycles. The molecule has 0 aliphatic rings. The Kier molecular flexibility index (Phi) is 8.40. The van der Waals surface area contributed by atoms with E-state index in [-0.39, 0.29) is 0 Å². The van der Waals surface area contributed by atoms with Crippen molar-refractivity contribution in [1.82, 2.24) is 10.2 Å². The fraction of sp³-hybridized carbons (Fsp3) is 0.667. The molecule has 0 radical (unpaired) electrons. The standard InChI is InChI=1S/C18H32N2O/c1-6-20(16(4)5)10-11-21-18-9-7-8-17(12-18)14-19-13-15(2)3/h7-9,12,15-16,19H,6,10-11,13-14H2,1-5H3. The maximum Gasteiger partial charge on any atom is 0.119 e. The van der Waals surface area contributed by atoms with E-state index in [0.717, 1.165) is 38.5 Å². The van der Waals surface area contributed by atoms with Gasteiger partial charge >= 0.3 is 0 Å². The molecule has 3 heteroatoms. The number of rotatable bonds is 10. The molecule has 1 rings (SSSR count). The zero-order chi connectivity index (χ0) is 15.7. The molecule has 0 spiro atoms. The van der Waals surface area contributed by atoms with E-state index in [9.17, 15) is 0 Å². The molecule has 1 aromatic rings. The molecule has 120 valence electrons. The number of benzene rings is 1. The Bertz CT molecular complexity index is 391. The van der Waals surface area contributed by atoms with E-state index in [1.807, 2.05) is 6.07 Å². The van der Waals surface area contributed by atoms with Gasteiger partial charge in [-0.2, -0.15) is 0 Å². The van der Waals surface area contributed by atoms with Crippen molar-refractivity contribution in [3.05, 3.63) is 29.8 Å². The molecular weight excluding hydrogens is 260 g/mol. The molecule has 0 saturated carbocycles. The maximum atomic E-state index is 5.89. The monoisotopic (exact) mass is 292 g/mol. The Morgan fingerprint density at radius 2 is 1.95 bits per heavy atom. The third-order valence-corrected chi connectivity index (χ3v) is 3.56. The summed E-state index contributed by atoms with van der Waals surface area (Å²) < 4.78 is 5.89. The van der Waals surface area contributed by atoms with Gasteiger partial charge < -0.3 is 10.1 Å². The van der Waals surface area contributed by atoms with Crippen LogP contribution in [0.2, 0.25) is 0 Å². The van der Waals surface area contributed by atoms with Crippen LogP contribution in [0.4, 0.5) is 0 Å². The van der Waals surface area contributed by atoms with Crippen LogP contribution in [-0.4, -0.2) is 37.2 Å². The first-order valence-corrected chi connectivity index (χ1v) is 8.19. The highest BCUT2D eigenvalue weighted by molar-refractivity contribution is 5.28. The minimum Gasteiger partial charge on any atom is -0.492 e. The van der Waals surface area contributed by atoms with Gasteiger partial charge in [-0.05, 0) is 50.6 Å². The highest BCUT2D eigenvalue weighted by Gasteiger charge is 2.06. The first-order chi connectivity index (χ1) is 10.0. The zero-order valence-electron chi connectivity index (χ0n) is 14.4. The van der Waals surface area contributed by atoms with Gasteiger partial charge in [0, 0.05) is 19.1 Å². The van der Waals surface area contributed by atoms with Crippen LogP contribution in [0, 0.1) is 5.92 Å². The first-order valence-electron chi connectivity index (χ1n) is 8.19. The molecular formula is C18H32N2O. The van der Waals surface area contributed by atoms with Crippen molar-refractivity contribution in [2.45, 2.75) is 47.2 Å². The fourth-order valence-corrected chi connectivity index (χ4v) is 2.31. The van der Waals surface area contributed by atoms with Gasteiger partial charge in [-0.1, -0.05) is 32.9 Å². The van der Waals surface area contributed by atoms with Gasteiger partial charge in [0.05, 0.1) is 0 Å². The van der Waals surface area contributed by atoms with Crippen LogP contribution in [0.25, 0.3) is 0 Å². The smallest absolute Gasteiger partial charge is 0.119 e. The van der Waals surface area contributed by atoms with Crippen LogP contribution < -0.4 is 10.1 Å². The second kappa shape index (κ2) is 9.80. The predicted molar refractivity (Wildman–Crippen MR) is 90.9 cm³/mol. The van der Waals surface area contributed by atoms with E-state index >= 15 is 0 Å². The molecule has 0 saturated heterocycles. The van der Waals surface area contributed by atoms with Crippen LogP contribution in [0.1, 0.15) is 40.2 Å². The number of ether oxygens (including phenoxy) is 1. The quantitative estimate of drug-likeness (QED) is 0.714. The van der Waals surface area contributed by atoms with Crippen LogP contribution in [-0.2, 0) is 6.54 Å². The molecule has 0 fully saturated rings. The normalized spacial score (nSPS) is 11.6. The van der Waals surface area contributed by atoms with Crippen molar-refractivity contribution in [2.75, 3.05) is 26.2 Å². The maximum absolute atomic E-state index is 5.89. The molecule has 0 aromatic heterocycles. The minimum atomic E-state index is 0.574. The van der Waals surface area contributed by atoms with Gasteiger partial charge in [0.1, 0.15) is 12.4 Å². The van der Waals surface area contributed by atoms with Gasteiger partial charge in [0.25, 0.3) is 0 Å². The van der Waals surface area contributed by atoms with Crippen molar-refractivity contribution >= 4 is 0 Å². The van der Waals surface area contributed by atoms with Gasteiger partial charge in [0.2, 0.25) is 0 Å². The molecule has 0 bridgehead atoms. The minimum absolute atomic E-state index is 0.574. The Morgan fingerprint density at radius 3 is 2.57 bits per heavy atom. The Labute approximate surface area is 130 Å². The number of nitrogens with one attached hydrogen (secondary N) is 1. The first kappa shape index (κ1) is 18.0. The topological polar surface area (TPSA) is 24.5 Å². The van der Waals surface area contributed by atoms with Gasteiger partial charge in [-0.25, -0.2) is 0 Å². The van der Waals surface area contributed by atoms with E-state index < -0.39 is 0 Å². The number of hydrogen-bond donors (Lipinski definition) is 1. The molecule has 0 unspecified atom stereocenters. The van der Waals surface area contributed by atoms with E-state index in [2.05, 4.69) is 63.0 Å². The fourth-order valence-electron chi connectivity index (χ4n) is 2.31. The summed E-state index contributed by atoms with van der Waals surface area (Å²) in [6.07, 6.45) is 0. The lowest BCUT2D eigenvalue weighted by molar-refractivity contribution is 0.183. The number of likely N-dealkylation sites (N-methyl/N-ethyl adjacent to an activating group) is 1. The van der Waals surface area contributed by atoms with Gasteiger partial charge in [-0.3, -0.25) is 4.90 Å². The molecule has 1 N–H and O–H groups in total. The SMILES string of the molecule is CCN(CCOc1cccc(CNCC(C)C)c1)C(C)C. The summed E-state index contributed by atoms with van der Waals surface area (Å²) >= 11 is 0. The van der Waals surface area contributed by atoms with Crippen molar-refractivity contribution < 1.29 is 4.74 Å². The van der Waals surface area contributed by atoms with Crippen LogP contribution in [0.15, 0.2) is 24.3 Å². The lowest BCUT2D eigenvalue weighted by Gasteiger charge is -2.24. The van der Waals surface area contributed by atoms with Crippen molar-refractivity contribution in [3.8, 4) is 5.75 Å². The second-order valence-corrected chi connectivity index (χ2v) is 6.24. The second-order valence-electron chi connectivity index (χ2n) is 6.24. The molecule has 0 amide bonds. The Morgan fingerprint density at radius 1 is 1.19 bits per heavy atom. The van der Waals surface area contributed by atoms with E-state index in [1.165, 1.54) is 5.56 Å². The highest BCUT2D eigenvalue weighted by Crippen LogP contribution is 2.13. The number of nitrogens with zero attached hydrogens (tertiary/aromatic N) is 1. The summed E-state index contributed by atoms with van der Waals surface area (Å²) in [6, 6.07) is 8.97. The summed E-state index contributed by atoms with van der Waals surface area (Å²) in [6.45, 7) is 15.8. The van der Waals surface area contributed by atoms with E-state index in [4.69, 9.17) is 4.74 Å².